The number of Topliss-reactive ketones (excluding diaryl/α,β-unsaturated/α-hetero) is 1. The quantitative estimate of drug-likeness (QED) is 0.0868. The second-order valence-corrected chi connectivity index (χ2v) is 10.0. The number of nitrogens with one attached hydrogen (secondary N) is 1. The molecule has 1 heterocycles. The number of anilines is 1. The molecule has 0 fully saturated rings. The summed E-state index contributed by atoms with van der Waals surface area (Å²) in [7, 11) is 0. The Bertz CT molecular complexity index is 1120. The molecule has 2 aromatic carbocycles. The van der Waals surface area contributed by atoms with E-state index in [0.29, 0.717) is 30.0 Å². The molecule has 0 bridgehead atoms. The Morgan fingerprint density at radius 1 is 1.21 bits per heavy atom. The van der Waals surface area contributed by atoms with Crippen LogP contribution in [0, 0.1) is 0 Å². The number of hydrogen-bond acceptors (Lipinski definition) is 6. The number of thiol groups is 1. The number of ketones is 1. The highest BCUT2D eigenvalue weighted by molar-refractivity contribution is 7.74. The maximum absolute atomic E-state index is 12.3. The maximum Gasteiger partial charge on any atom is 0.412 e. The summed E-state index contributed by atoms with van der Waals surface area (Å²) in [4.78, 5) is 24.0. The number of hydrogen-bond donors (Lipinski definition) is 2. The molecule has 0 saturated heterocycles. The van der Waals surface area contributed by atoms with Gasteiger partial charge in [-0.2, -0.15) is 4.28 Å². The zero-order chi connectivity index (χ0) is 25.1. The molecule has 8 heteroatoms. The number of nitrogens with zero attached hydrogens (tertiary/aromatic N) is 1. The third kappa shape index (κ3) is 5.91. The highest BCUT2D eigenvalue weighted by Gasteiger charge is 2.33. The average Bonchev–Trinajstić information content (AvgIpc) is 2.75. The van der Waals surface area contributed by atoms with Crippen LogP contribution < -0.4 is 10.1 Å². The van der Waals surface area contributed by atoms with Gasteiger partial charge >= 0.3 is 6.09 Å². The van der Waals surface area contributed by atoms with Crippen LogP contribution in [0.15, 0.2) is 36.4 Å². The molecule has 1 N–H and O–H groups in total. The van der Waals surface area contributed by atoms with Gasteiger partial charge in [0.1, 0.15) is 24.3 Å². The van der Waals surface area contributed by atoms with Gasteiger partial charge in [-0.15, -0.1) is 0 Å². The molecular formula is C26H33N2O5S+. The molecule has 0 radical (unpaired) electrons. The average molecular weight is 486 g/mol. The number of amides is 1. The number of rotatable bonds is 8. The summed E-state index contributed by atoms with van der Waals surface area (Å²) < 4.78 is 18.0. The van der Waals surface area contributed by atoms with E-state index in [1.165, 1.54) is 4.74 Å². The van der Waals surface area contributed by atoms with Gasteiger partial charge in [0.2, 0.25) is 6.21 Å². The van der Waals surface area contributed by atoms with Gasteiger partial charge in [-0.25, -0.2) is 4.79 Å². The molecule has 1 amide bonds. The molecule has 3 rings (SSSR count). The number of benzene rings is 2. The zero-order valence-electron chi connectivity index (χ0n) is 20.6. The largest absolute Gasteiger partial charge is 0.494 e. The topological polar surface area (TPSA) is 76.9 Å². The van der Waals surface area contributed by atoms with Crippen LogP contribution in [0.4, 0.5) is 16.2 Å². The van der Waals surface area contributed by atoms with E-state index in [-0.39, 0.29) is 11.2 Å². The van der Waals surface area contributed by atoms with Crippen molar-refractivity contribution >= 4 is 42.4 Å². The van der Waals surface area contributed by atoms with Gasteiger partial charge in [0.15, 0.2) is 5.78 Å². The number of fused-ring (bicyclic) bond motifs is 1. The highest BCUT2D eigenvalue weighted by atomic mass is 32.1. The molecule has 0 aliphatic carbocycles. The molecule has 0 unspecified atom stereocenters. The first-order chi connectivity index (χ1) is 15.9. The summed E-state index contributed by atoms with van der Waals surface area (Å²) in [5.41, 5.74) is 3.10. The number of cyclic esters (lactones) is 1. The fourth-order valence-electron chi connectivity index (χ4n) is 3.78. The Morgan fingerprint density at radius 2 is 1.94 bits per heavy atom. The van der Waals surface area contributed by atoms with E-state index in [0.717, 1.165) is 23.2 Å². The first kappa shape index (κ1) is 25.6. The molecule has 34 heavy (non-hydrogen) atoms. The van der Waals surface area contributed by atoms with Crippen molar-refractivity contribution in [2.75, 3.05) is 11.9 Å². The van der Waals surface area contributed by atoms with Crippen molar-refractivity contribution in [1.29, 1.82) is 0 Å². The van der Waals surface area contributed by atoms with Gasteiger partial charge in [-0.3, -0.25) is 10.1 Å². The van der Waals surface area contributed by atoms with Crippen LogP contribution in [0.1, 0.15) is 75.9 Å². The second kappa shape index (κ2) is 10.1. The Balaban J connectivity index is 1.66. The van der Waals surface area contributed by atoms with Crippen LogP contribution in [0.25, 0.3) is 0 Å². The van der Waals surface area contributed by atoms with E-state index in [4.69, 9.17) is 13.8 Å². The van der Waals surface area contributed by atoms with Gasteiger partial charge in [0.05, 0.1) is 17.9 Å². The lowest BCUT2D eigenvalue weighted by molar-refractivity contribution is -0.672. The fourth-order valence-corrected chi connectivity index (χ4v) is 3.93. The van der Waals surface area contributed by atoms with E-state index >= 15 is 0 Å². The van der Waals surface area contributed by atoms with Crippen molar-refractivity contribution in [2.45, 2.75) is 65.4 Å². The minimum atomic E-state index is -0.730. The summed E-state index contributed by atoms with van der Waals surface area (Å²) in [5.74, 6) is 0.661. The summed E-state index contributed by atoms with van der Waals surface area (Å²) in [6.07, 6.45) is 2.75. The highest BCUT2D eigenvalue weighted by Crippen LogP contribution is 2.37. The third-order valence-electron chi connectivity index (χ3n) is 5.70. The molecular weight excluding hydrogens is 452 g/mol. The van der Waals surface area contributed by atoms with E-state index in [1.807, 2.05) is 56.5 Å². The first-order valence-electron chi connectivity index (χ1n) is 11.3. The Kier molecular flexibility index (Phi) is 7.60. The molecule has 1 aliphatic rings. The molecule has 0 aromatic heterocycles. The Labute approximate surface area is 206 Å². The minimum absolute atomic E-state index is 0.0382. The normalized spacial score (nSPS) is 15.1. The number of unbranched alkanes of at least 4 members (excludes halogenated alkanes) is 1. The standard InChI is InChI=1S/C26H32N2O5S/c1-17(29)20-15-18(25(2,3)4)9-12-23(20)28(33-34)13-7-8-14-31-19-10-11-22-21(16-19)26(5,6)32-24(30)27-22/h9-13,15-16H,7-8,14H2,1-6H3,(H-,27,30,34)/p+1. The van der Waals surface area contributed by atoms with Crippen LogP contribution in [-0.4, -0.2) is 29.4 Å². The van der Waals surface area contributed by atoms with Gasteiger partial charge in [-0.05, 0) is 62.4 Å². The molecule has 7 nitrogen and oxygen atoms in total. The summed E-state index contributed by atoms with van der Waals surface area (Å²) >= 11 is 3.99. The minimum Gasteiger partial charge on any atom is -0.494 e. The lowest BCUT2D eigenvalue weighted by Gasteiger charge is -2.32. The smallest absolute Gasteiger partial charge is 0.412 e. The van der Waals surface area contributed by atoms with E-state index in [1.54, 1.807) is 6.92 Å². The van der Waals surface area contributed by atoms with Crippen molar-refractivity contribution in [3.8, 4) is 5.75 Å². The van der Waals surface area contributed by atoms with Crippen LogP contribution in [0.2, 0.25) is 0 Å². The summed E-state index contributed by atoms with van der Waals surface area (Å²) in [6.45, 7) is 12.0. The second-order valence-electron chi connectivity index (χ2n) is 9.85. The maximum atomic E-state index is 12.3. The molecule has 2 aromatic rings. The van der Waals surface area contributed by atoms with Gasteiger partial charge < -0.3 is 9.47 Å². The lowest BCUT2D eigenvalue weighted by atomic mass is 9.85. The van der Waals surface area contributed by atoms with Gasteiger partial charge in [-0.1, -0.05) is 26.8 Å². The van der Waals surface area contributed by atoms with Crippen molar-refractivity contribution in [3.63, 3.8) is 0 Å². The Hall–Kier alpha value is -3.00. The van der Waals surface area contributed by atoms with Crippen molar-refractivity contribution in [3.05, 3.63) is 53.1 Å². The third-order valence-corrected chi connectivity index (χ3v) is 5.88. The number of ether oxygens (including phenoxy) is 2. The monoisotopic (exact) mass is 485 g/mol. The lowest BCUT2D eigenvalue weighted by Crippen LogP contribution is -2.34. The van der Waals surface area contributed by atoms with E-state index in [9.17, 15) is 9.59 Å². The van der Waals surface area contributed by atoms with Crippen LogP contribution in [0.5, 0.6) is 5.75 Å². The Morgan fingerprint density at radius 3 is 2.59 bits per heavy atom. The SMILES string of the molecule is CC(=O)c1cc(C(C)(C)C)ccc1[N+](=CCCCOc1ccc2c(c1)C(C)(C)OC(=O)N2)OS. The van der Waals surface area contributed by atoms with Crippen LogP contribution >= 0.6 is 12.9 Å². The molecule has 0 atom stereocenters. The molecule has 0 spiro atoms. The van der Waals surface area contributed by atoms with Gasteiger partial charge in [0.25, 0.3) is 5.69 Å². The fraction of sp³-hybridized carbons (Fsp3) is 0.423. The van der Waals surface area contributed by atoms with E-state index < -0.39 is 11.7 Å². The molecule has 1 aliphatic heterocycles. The summed E-state index contributed by atoms with van der Waals surface area (Å²) in [6, 6.07) is 11.3. The molecule has 182 valence electrons. The van der Waals surface area contributed by atoms with Crippen molar-refractivity contribution in [2.24, 2.45) is 0 Å². The number of carbonyl (C=O) groups excluding carboxylic acids is 2. The predicted octanol–water partition coefficient (Wildman–Crippen LogP) is 6.33. The van der Waals surface area contributed by atoms with Crippen LogP contribution in [0.3, 0.4) is 0 Å². The zero-order valence-corrected chi connectivity index (χ0v) is 21.5. The predicted molar refractivity (Wildman–Crippen MR) is 136 cm³/mol. The van der Waals surface area contributed by atoms with E-state index in [2.05, 4.69) is 39.0 Å². The van der Waals surface area contributed by atoms with Crippen molar-refractivity contribution < 1.29 is 28.1 Å². The summed E-state index contributed by atoms with van der Waals surface area (Å²) in [5, 5.41) is 2.71. The number of carbonyl (C=O) groups is 2. The van der Waals surface area contributed by atoms with Gasteiger partial charge in [0, 0.05) is 22.8 Å². The molecule has 0 saturated carbocycles. The first-order valence-corrected chi connectivity index (χ1v) is 11.7. The van der Waals surface area contributed by atoms with Crippen molar-refractivity contribution in [1.82, 2.24) is 0 Å². The van der Waals surface area contributed by atoms with Crippen LogP contribution in [-0.2, 0) is 20.0 Å².